The molecule has 2 aromatic carbocycles. The van der Waals surface area contributed by atoms with E-state index in [1.54, 1.807) is 24.4 Å². The SMILES string of the molecule is Cc1ccc(S(=O)(=O)c2cc3c(=O)n4cc(C)ccc4nc3n(Cc3ccccc3)c2=N)cc1. The molecular formula is C26H22N4O3S. The van der Waals surface area contributed by atoms with Crippen LogP contribution < -0.4 is 11.0 Å². The Morgan fingerprint density at radius 2 is 1.59 bits per heavy atom. The molecule has 0 aliphatic heterocycles. The number of aromatic nitrogens is 3. The van der Waals surface area contributed by atoms with Gasteiger partial charge in [0, 0.05) is 6.20 Å². The minimum atomic E-state index is -4.06. The van der Waals surface area contributed by atoms with Crippen LogP contribution >= 0.6 is 0 Å². The van der Waals surface area contributed by atoms with Crippen LogP contribution in [0.4, 0.5) is 0 Å². The zero-order chi connectivity index (χ0) is 24.0. The predicted octanol–water partition coefficient (Wildman–Crippen LogP) is 3.63. The van der Waals surface area contributed by atoms with Crippen LogP contribution in [0.5, 0.6) is 0 Å². The Hall–Kier alpha value is -4.04. The van der Waals surface area contributed by atoms with Gasteiger partial charge in [-0.2, -0.15) is 0 Å². The first kappa shape index (κ1) is 21.8. The Labute approximate surface area is 196 Å². The molecule has 1 N–H and O–H groups in total. The van der Waals surface area contributed by atoms with E-state index in [1.807, 2.05) is 50.2 Å². The quantitative estimate of drug-likeness (QED) is 0.406. The molecule has 0 bridgehead atoms. The number of aryl methyl sites for hydroxylation is 2. The summed E-state index contributed by atoms with van der Waals surface area (Å²) in [4.78, 5) is 18.0. The van der Waals surface area contributed by atoms with Crippen molar-refractivity contribution in [2.24, 2.45) is 0 Å². The number of hydrogen-bond acceptors (Lipinski definition) is 5. The van der Waals surface area contributed by atoms with Crippen LogP contribution in [-0.4, -0.2) is 22.4 Å². The van der Waals surface area contributed by atoms with Crippen LogP contribution in [0.15, 0.2) is 93.6 Å². The zero-order valence-corrected chi connectivity index (χ0v) is 19.5. The van der Waals surface area contributed by atoms with Gasteiger partial charge in [0.15, 0.2) is 0 Å². The summed E-state index contributed by atoms with van der Waals surface area (Å²) >= 11 is 0. The van der Waals surface area contributed by atoms with Crippen LogP contribution in [0.25, 0.3) is 16.7 Å². The van der Waals surface area contributed by atoms with Crippen LogP contribution in [0.1, 0.15) is 16.7 Å². The normalized spacial score (nSPS) is 11.8. The molecule has 34 heavy (non-hydrogen) atoms. The van der Waals surface area contributed by atoms with Gasteiger partial charge < -0.3 is 4.57 Å². The van der Waals surface area contributed by atoms with Gasteiger partial charge in [0.2, 0.25) is 9.84 Å². The molecule has 0 aliphatic rings. The lowest BCUT2D eigenvalue weighted by molar-refractivity contribution is 0.591. The lowest BCUT2D eigenvalue weighted by atomic mass is 10.2. The molecule has 3 aromatic heterocycles. The highest BCUT2D eigenvalue weighted by molar-refractivity contribution is 7.91. The Kier molecular flexibility index (Phi) is 5.17. The molecule has 0 saturated carbocycles. The maximum absolute atomic E-state index is 13.6. The molecule has 0 radical (unpaired) electrons. The third-order valence-corrected chi connectivity index (χ3v) is 7.61. The van der Waals surface area contributed by atoms with Crippen molar-refractivity contribution >= 4 is 26.5 Å². The van der Waals surface area contributed by atoms with E-state index in [4.69, 9.17) is 5.41 Å². The van der Waals surface area contributed by atoms with Gasteiger partial charge in [-0.05, 0) is 49.2 Å². The van der Waals surface area contributed by atoms with E-state index in [-0.39, 0.29) is 38.4 Å². The largest absolute Gasteiger partial charge is 0.305 e. The zero-order valence-electron chi connectivity index (χ0n) is 18.7. The second-order valence-corrected chi connectivity index (χ2v) is 10.3. The van der Waals surface area contributed by atoms with E-state index in [1.165, 1.54) is 27.2 Å². The molecule has 0 atom stereocenters. The van der Waals surface area contributed by atoms with Crippen LogP contribution in [0.2, 0.25) is 0 Å². The lowest BCUT2D eigenvalue weighted by Gasteiger charge is -2.15. The standard InChI is InChI=1S/C26H22N4O3S/c1-17-8-11-20(12-9-17)34(32,33)22-14-21-25(28-23-13-10-18(2)15-29(23)26(21)31)30(24(22)27)16-19-6-4-3-5-7-19/h3-15,27H,16H2,1-2H3. The number of nitrogens with zero attached hydrogens (tertiary/aromatic N) is 3. The summed E-state index contributed by atoms with van der Waals surface area (Å²) in [7, 11) is -4.06. The van der Waals surface area contributed by atoms with Crippen LogP contribution in [-0.2, 0) is 16.4 Å². The second kappa shape index (κ2) is 8.07. The van der Waals surface area contributed by atoms with E-state index in [2.05, 4.69) is 4.98 Å². The molecule has 3 heterocycles. The van der Waals surface area contributed by atoms with Crippen LogP contribution in [0, 0.1) is 19.3 Å². The van der Waals surface area contributed by atoms with Gasteiger partial charge in [-0.15, -0.1) is 0 Å². The van der Waals surface area contributed by atoms with E-state index in [0.29, 0.717) is 5.65 Å². The van der Waals surface area contributed by atoms with Crippen molar-refractivity contribution in [2.45, 2.75) is 30.2 Å². The van der Waals surface area contributed by atoms with Gasteiger partial charge in [-0.1, -0.05) is 54.1 Å². The lowest BCUT2D eigenvalue weighted by Crippen LogP contribution is -2.30. The van der Waals surface area contributed by atoms with Gasteiger partial charge in [0.25, 0.3) is 5.56 Å². The molecule has 170 valence electrons. The smallest absolute Gasteiger partial charge is 0.267 e. The number of nitrogens with one attached hydrogen (secondary N) is 1. The summed E-state index contributed by atoms with van der Waals surface area (Å²) in [5.41, 5.74) is 2.75. The van der Waals surface area contributed by atoms with E-state index in [0.717, 1.165) is 16.7 Å². The van der Waals surface area contributed by atoms with Gasteiger partial charge in [0.05, 0.1) is 16.8 Å². The molecule has 7 nitrogen and oxygen atoms in total. The fourth-order valence-electron chi connectivity index (χ4n) is 3.99. The molecule has 0 unspecified atom stereocenters. The Balaban J connectivity index is 1.88. The monoisotopic (exact) mass is 470 g/mol. The van der Waals surface area contributed by atoms with Crippen molar-refractivity contribution in [3.8, 4) is 0 Å². The third kappa shape index (κ3) is 3.62. The molecule has 0 amide bonds. The molecule has 0 spiro atoms. The number of hydrogen-bond donors (Lipinski definition) is 1. The van der Waals surface area contributed by atoms with Gasteiger partial charge in [0.1, 0.15) is 21.7 Å². The van der Waals surface area contributed by atoms with Gasteiger partial charge >= 0.3 is 0 Å². The first-order valence-electron chi connectivity index (χ1n) is 10.7. The number of benzene rings is 2. The molecular weight excluding hydrogens is 448 g/mol. The number of pyridine rings is 2. The summed E-state index contributed by atoms with van der Waals surface area (Å²) in [6.45, 7) is 3.93. The molecule has 0 saturated heterocycles. The summed E-state index contributed by atoms with van der Waals surface area (Å²) in [6.07, 6.45) is 1.67. The van der Waals surface area contributed by atoms with Gasteiger partial charge in [-0.3, -0.25) is 14.6 Å². The Bertz CT molecular complexity index is 1790. The summed E-state index contributed by atoms with van der Waals surface area (Å²) in [5.74, 6) is 0. The maximum atomic E-state index is 13.6. The average molecular weight is 471 g/mol. The van der Waals surface area contributed by atoms with Crippen LogP contribution in [0.3, 0.4) is 0 Å². The first-order chi connectivity index (χ1) is 16.3. The Morgan fingerprint density at radius 1 is 0.912 bits per heavy atom. The second-order valence-electron chi connectivity index (χ2n) is 8.33. The molecule has 5 rings (SSSR count). The third-order valence-electron chi connectivity index (χ3n) is 5.82. The van der Waals surface area contributed by atoms with Gasteiger partial charge in [-0.25, -0.2) is 13.4 Å². The fourth-order valence-corrected chi connectivity index (χ4v) is 5.37. The topological polar surface area (TPSA) is 97.3 Å². The van der Waals surface area contributed by atoms with Crippen molar-refractivity contribution in [3.63, 3.8) is 0 Å². The van der Waals surface area contributed by atoms with E-state index in [9.17, 15) is 13.2 Å². The summed E-state index contributed by atoms with van der Waals surface area (Å²) < 4.78 is 30.1. The number of sulfone groups is 1. The molecule has 0 aliphatic carbocycles. The number of rotatable bonds is 4. The van der Waals surface area contributed by atoms with Crippen molar-refractivity contribution in [2.75, 3.05) is 0 Å². The number of fused-ring (bicyclic) bond motifs is 2. The van der Waals surface area contributed by atoms with E-state index < -0.39 is 9.84 Å². The molecule has 8 heteroatoms. The minimum absolute atomic E-state index is 0.0712. The Morgan fingerprint density at radius 3 is 2.29 bits per heavy atom. The van der Waals surface area contributed by atoms with Crippen molar-refractivity contribution in [1.82, 2.24) is 14.0 Å². The maximum Gasteiger partial charge on any atom is 0.267 e. The van der Waals surface area contributed by atoms with Crippen molar-refractivity contribution in [1.29, 1.82) is 5.41 Å². The van der Waals surface area contributed by atoms with E-state index >= 15 is 0 Å². The minimum Gasteiger partial charge on any atom is -0.305 e. The highest BCUT2D eigenvalue weighted by Gasteiger charge is 2.24. The summed E-state index contributed by atoms with van der Waals surface area (Å²) in [5, 5.41) is 9.01. The van der Waals surface area contributed by atoms with Crippen molar-refractivity contribution < 1.29 is 8.42 Å². The molecule has 0 fully saturated rings. The predicted molar refractivity (Wildman–Crippen MR) is 130 cm³/mol. The average Bonchev–Trinajstić information content (AvgIpc) is 2.82. The highest BCUT2D eigenvalue weighted by atomic mass is 32.2. The molecule has 5 aromatic rings. The van der Waals surface area contributed by atoms with Crippen molar-refractivity contribution in [3.05, 3.63) is 112 Å². The summed E-state index contributed by atoms with van der Waals surface area (Å²) in [6, 6.07) is 20.7. The first-order valence-corrected chi connectivity index (χ1v) is 12.2. The highest BCUT2D eigenvalue weighted by Crippen LogP contribution is 2.22. The fraction of sp³-hybridized carbons (Fsp3) is 0.115.